The Morgan fingerprint density at radius 2 is 2.26 bits per heavy atom. The molecule has 1 N–H and O–H groups in total. The summed E-state index contributed by atoms with van der Waals surface area (Å²) in [5, 5.41) is 14.3. The third kappa shape index (κ3) is 2.74. The highest BCUT2D eigenvalue weighted by molar-refractivity contribution is 9.10. The fourth-order valence-corrected chi connectivity index (χ4v) is 2.70. The summed E-state index contributed by atoms with van der Waals surface area (Å²) in [7, 11) is 0. The van der Waals surface area contributed by atoms with Crippen molar-refractivity contribution >= 4 is 27.3 Å². The fraction of sp³-hybridized carbons (Fsp3) is 0.538. The molecule has 0 bridgehead atoms. The van der Waals surface area contributed by atoms with Crippen LogP contribution in [0.3, 0.4) is 0 Å². The first-order valence-electron chi connectivity index (χ1n) is 6.18. The van der Waals surface area contributed by atoms with Gasteiger partial charge in [0, 0.05) is 28.4 Å². The highest BCUT2D eigenvalue weighted by Gasteiger charge is 2.37. The molecule has 0 aromatic heterocycles. The lowest BCUT2D eigenvalue weighted by atomic mass is 9.94. The molecule has 2 rings (SSSR count). The first-order valence-corrected chi connectivity index (χ1v) is 6.97. The number of hydrogen-bond acceptors (Lipinski definition) is 4. The minimum Gasteiger partial charge on any atom is -0.376 e. The molecule has 1 heterocycles. The Labute approximate surface area is 120 Å². The van der Waals surface area contributed by atoms with Crippen LogP contribution in [0.2, 0.25) is 0 Å². The Morgan fingerprint density at radius 1 is 1.58 bits per heavy atom. The number of nitro benzene ring substituents is 1. The molecule has 1 aromatic rings. The molecule has 0 aliphatic carbocycles. The number of nitrogens with one attached hydrogen (secondary N) is 1. The van der Waals surface area contributed by atoms with Gasteiger partial charge < -0.3 is 10.1 Å². The summed E-state index contributed by atoms with van der Waals surface area (Å²) >= 11 is 3.39. The van der Waals surface area contributed by atoms with Crippen molar-refractivity contribution in [3.8, 4) is 0 Å². The summed E-state index contributed by atoms with van der Waals surface area (Å²) in [6.07, 6.45) is 1.02. The third-order valence-electron chi connectivity index (χ3n) is 3.79. The van der Waals surface area contributed by atoms with E-state index in [1.54, 1.807) is 19.1 Å². The quantitative estimate of drug-likeness (QED) is 0.679. The summed E-state index contributed by atoms with van der Waals surface area (Å²) in [5.41, 5.74) is 1.48. The van der Waals surface area contributed by atoms with Gasteiger partial charge in [-0.25, -0.2) is 0 Å². The van der Waals surface area contributed by atoms with Crippen molar-refractivity contribution in [2.75, 3.05) is 11.9 Å². The molecule has 0 amide bonds. The van der Waals surface area contributed by atoms with E-state index in [1.165, 1.54) is 0 Å². The minimum absolute atomic E-state index is 0.106. The predicted octanol–water partition coefficient (Wildman–Crippen LogP) is 3.65. The van der Waals surface area contributed by atoms with Crippen molar-refractivity contribution in [2.24, 2.45) is 0 Å². The van der Waals surface area contributed by atoms with E-state index in [9.17, 15) is 10.1 Å². The zero-order valence-electron chi connectivity index (χ0n) is 11.2. The van der Waals surface area contributed by atoms with Crippen molar-refractivity contribution in [2.45, 2.75) is 38.8 Å². The SMILES string of the molecule is Cc1cc(NC2(C)CCOC2C)c(Br)cc1[N+](=O)[O-]. The van der Waals surface area contributed by atoms with E-state index in [1.807, 2.05) is 6.92 Å². The highest BCUT2D eigenvalue weighted by atomic mass is 79.9. The Balaban J connectivity index is 2.31. The Kier molecular flexibility index (Phi) is 3.82. The van der Waals surface area contributed by atoms with Gasteiger partial charge in [0.05, 0.1) is 16.6 Å². The average molecular weight is 329 g/mol. The van der Waals surface area contributed by atoms with E-state index < -0.39 is 0 Å². The molecule has 1 fully saturated rings. The van der Waals surface area contributed by atoms with E-state index in [4.69, 9.17) is 4.74 Å². The van der Waals surface area contributed by atoms with Crippen LogP contribution in [0, 0.1) is 17.0 Å². The lowest BCUT2D eigenvalue weighted by Crippen LogP contribution is -2.41. The molecule has 1 aliphatic rings. The van der Waals surface area contributed by atoms with Crippen LogP contribution in [0.5, 0.6) is 0 Å². The summed E-state index contributed by atoms with van der Waals surface area (Å²) in [5.74, 6) is 0. The molecule has 2 atom stereocenters. The maximum atomic E-state index is 10.9. The topological polar surface area (TPSA) is 64.4 Å². The Morgan fingerprint density at radius 3 is 2.79 bits per heavy atom. The second-order valence-corrected chi connectivity index (χ2v) is 6.04. The van der Waals surface area contributed by atoms with Crippen molar-refractivity contribution in [1.29, 1.82) is 0 Å². The van der Waals surface area contributed by atoms with E-state index in [0.29, 0.717) is 10.0 Å². The average Bonchev–Trinajstić information content (AvgIpc) is 2.63. The van der Waals surface area contributed by atoms with Crippen LogP contribution in [0.4, 0.5) is 11.4 Å². The lowest BCUT2D eigenvalue weighted by molar-refractivity contribution is -0.385. The van der Waals surface area contributed by atoms with Crippen LogP contribution in [0.15, 0.2) is 16.6 Å². The molecule has 0 saturated carbocycles. The van der Waals surface area contributed by atoms with Crippen molar-refractivity contribution < 1.29 is 9.66 Å². The zero-order valence-corrected chi connectivity index (χ0v) is 12.8. The van der Waals surface area contributed by atoms with Gasteiger partial charge in [-0.2, -0.15) is 0 Å². The van der Waals surface area contributed by atoms with Crippen molar-refractivity contribution in [1.82, 2.24) is 0 Å². The van der Waals surface area contributed by atoms with Gasteiger partial charge in [0.2, 0.25) is 0 Å². The number of benzene rings is 1. The molecule has 0 spiro atoms. The van der Waals surface area contributed by atoms with Gasteiger partial charge in [-0.3, -0.25) is 10.1 Å². The number of aryl methyl sites for hydroxylation is 1. The van der Waals surface area contributed by atoms with Gasteiger partial charge in [-0.05, 0) is 49.2 Å². The number of halogens is 1. The molecule has 19 heavy (non-hydrogen) atoms. The van der Waals surface area contributed by atoms with Gasteiger partial charge in [0.1, 0.15) is 0 Å². The summed E-state index contributed by atoms with van der Waals surface area (Å²) < 4.78 is 6.29. The summed E-state index contributed by atoms with van der Waals surface area (Å²) in [4.78, 5) is 10.5. The normalized spacial score (nSPS) is 26.4. The standard InChI is InChI=1S/C13H17BrN2O3/c1-8-6-11(10(14)7-12(8)16(17)18)15-13(3)4-5-19-9(13)2/h6-7,9,15H,4-5H2,1-3H3. The van der Waals surface area contributed by atoms with Gasteiger partial charge >= 0.3 is 0 Å². The number of hydrogen-bond donors (Lipinski definition) is 1. The van der Waals surface area contributed by atoms with Crippen LogP contribution in [-0.2, 0) is 4.74 Å². The van der Waals surface area contributed by atoms with E-state index >= 15 is 0 Å². The molecular formula is C13H17BrN2O3. The van der Waals surface area contributed by atoms with Crippen molar-refractivity contribution in [3.05, 3.63) is 32.3 Å². The molecule has 2 unspecified atom stereocenters. The predicted molar refractivity (Wildman–Crippen MR) is 77.6 cm³/mol. The van der Waals surface area contributed by atoms with Crippen LogP contribution in [0.25, 0.3) is 0 Å². The van der Waals surface area contributed by atoms with Crippen LogP contribution in [-0.4, -0.2) is 23.2 Å². The lowest BCUT2D eigenvalue weighted by Gasteiger charge is -2.30. The molecule has 0 radical (unpaired) electrons. The number of nitro groups is 1. The molecule has 1 aliphatic heterocycles. The van der Waals surface area contributed by atoms with E-state index in [0.717, 1.165) is 18.7 Å². The van der Waals surface area contributed by atoms with Crippen LogP contribution in [0.1, 0.15) is 25.8 Å². The molecule has 1 saturated heterocycles. The van der Waals surface area contributed by atoms with Crippen molar-refractivity contribution in [3.63, 3.8) is 0 Å². The van der Waals surface area contributed by atoms with Gasteiger partial charge in [-0.15, -0.1) is 0 Å². The molecule has 104 valence electrons. The smallest absolute Gasteiger partial charge is 0.273 e. The van der Waals surface area contributed by atoms with Gasteiger partial charge in [-0.1, -0.05) is 0 Å². The number of anilines is 1. The number of ether oxygens (including phenoxy) is 1. The maximum Gasteiger partial charge on any atom is 0.273 e. The van der Waals surface area contributed by atoms with Gasteiger partial charge in [0.25, 0.3) is 5.69 Å². The van der Waals surface area contributed by atoms with E-state index in [2.05, 4.69) is 28.2 Å². The zero-order chi connectivity index (χ0) is 14.2. The first-order chi connectivity index (χ1) is 8.83. The molecule has 5 nitrogen and oxygen atoms in total. The molecular weight excluding hydrogens is 312 g/mol. The fourth-order valence-electron chi connectivity index (χ4n) is 2.27. The second-order valence-electron chi connectivity index (χ2n) is 5.18. The summed E-state index contributed by atoms with van der Waals surface area (Å²) in [6.45, 7) is 6.61. The Hall–Kier alpha value is -1.14. The summed E-state index contributed by atoms with van der Waals surface area (Å²) in [6, 6.07) is 3.35. The maximum absolute atomic E-state index is 10.9. The van der Waals surface area contributed by atoms with E-state index in [-0.39, 0.29) is 22.3 Å². The molecule has 1 aromatic carbocycles. The first kappa shape index (κ1) is 14.3. The number of nitrogens with zero attached hydrogens (tertiary/aromatic N) is 1. The van der Waals surface area contributed by atoms with Crippen LogP contribution >= 0.6 is 15.9 Å². The molecule has 6 heteroatoms. The minimum atomic E-state index is -0.368. The largest absolute Gasteiger partial charge is 0.376 e. The van der Waals surface area contributed by atoms with Crippen LogP contribution < -0.4 is 5.32 Å². The number of rotatable bonds is 3. The monoisotopic (exact) mass is 328 g/mol. The van der Waals surface area contributed by atoms with Gasteiger partial charge in [0.15, 0.2) is 0 Å². The Bertz CT molecular complexity index is 521. The highest BCUT2D eigenvalue weighted by Crippen LogP contribution is 2.35. The third-order valence-corrected chi connectivity index (χ3v) is 4.45. The second kappa shape index (κ2) is 5.09.